The van der Waals surface area contributed by atoms with E-state index in [1.54, 1.807) is 24.3 Å². The molecule has 1 aliphatic heterocycles. The molecule has 1 atom stereocenters. The first kappa shape index (κ1) is 23.9. The molecule has 4 nitrogen and oxygen atoms in total. The number of ether oxygens (including phenoxy) is 1. The van der Waals surface area contributed by atoms with Crippen molar-refractivity contribution >= 4 is 34.0 Å². The maximum atomic E-state index is 14.3. The van der Waals surface area contributed by atoms with Gasteiger partial charge in [-0.25, -0.2) is 4.79 Å². The molecule has 1 heterocycles. The largest absolute Gasteiger partial charge is 0.465 e. The second-order valence-electron chi connectivity index (χ2n) is 7.42. The van der Waals surface area contributed by atoms with Crippen molar-refractivity contribution in [2.24, 2.45) is 0 Å². The molecule has 3 aromatic rings. The highest BCUT2D eigenvalue weighted by Gasteiger charge is 2.60. The Kier molecular flexibility index (Phi) is 5.77. The summed E-state index contributed by atoms with van der Waals surface area (Å²) in [4.78, 5) is 17.0. The van der Waals surface area contributed by atoms with Gasteiger partial charge < -0.3 is 4.74 Å². The number of hydroxylamine groups is 1. The first-order valence-electron chi connectivity index (χ1n) is 9.60. The molecule has 0 aromatic heterocycles. The third kappa shape index (κ3) is 3.97. The molecule has 11 heteroatoms. The summed E-state index contributed by atoms with van der Waals surface area (Å²) in [6.07, 6.45) is -9.43. The van der Waals surface area contributed by atoms with Crippen molar-refractivity contribution in [2.75, 3.05) is 7.11 Å². The Balaban J connectivity index is 1.93. The fraction of sp³-hybridized carbons (Fsp3) is 0.174. The van der Waals surface area contributed by atoms with Crippen LogP contribution in [0.3, 0.4) is 0 Å². The van der Waals surface area contributed by atoms with Gasteiger partial charge in [-0.2, -0.15) is 26.3 Å². The average Bonchev–Trinajstić information content (AvgIpc) is 3.23. The van der Waals surface area contributed by atoms with Crippen LogP contribution in [0.5, 0.6) is 0 Å². The zero-order valence-electron chi connectivity index (χ0n) is 17.1. The first-order valence-corrected chi connectivity index (χ1v) is 9.97. The van der Waals surface area contributed by atoms with Gasteiger partial charge >= 0.3 is 18.3 Å². The zero-order chi connectivity index (χ0) is 24.9. The summed E-state index contributed by atoms with van der Waals surface area (Å²) in [5.74, 6) is -0.643. The molecule has 0 aliphatic carbocycles. The zero-order valence-corrected chi connectivity index (χ0v) is 17.9. The number of hydrogen-bond acceptors (Lipinski definition) is 4. The van der Waals surface area contributed by atoms with Crippen LogP contribution in [0.2, 0.25) is 5.02 Å². The predicted molar refractivity (Wildman–Crippen MR) is 112 cm³/mol. The van der Waals surface area contributed by atoms with Crippen LogP contribution in [0.25, 0.3) is 16.5 Å². The van der Waals surface area contributed by atoms with E-state index in [1.165, 1.54) is 19.2 Å². The van der Waals surface area contributed by atoms with Crippen LogP contribution in [0.4, 0.5) is 26.3 Å². The van der Waals surface area contributed by atoms with Crippen molar-refractivity contribution in [1.29, 1.82) is 0 Å². The quantitative estimate of drug-likeness (QED) is 0.323. The van der Waals surface area contributed by atoms with E-state index in [4.69, 9.17) is 21.2 Å². The fourth-order valence-corrected chi connectivity index (χ4v) is 4.00. The highest BCUT2D eigenvalue weighted by Crippen LogP contribution is 2.49. The Morgan fingerprint density at radius 1 is 1.00 bits per heavy atom. The Bertz CT molecular complexity index is 1320. The maximum Gasteiger partial charge on any atom is 0.428 e. The predicted octanol–water partition coefficient (Wildman–Crippen LogP) is 6.63. The summed E-state index contributed by atoms with van der Waals surface area (Å²) in [5, 5.41) is 0.265. The number of carbonyl (C=O) groups is 1. The minimum absolute atomic E-state index is 0.154. The van der Waals surface area contributed by atoms with E-state index < -0.39 is 40.1 Å². The lowest BCUT2D eigenvalue weighted by atomic mass is 9.89. The summed E-state index contributed by atoms with van der Waals surface area (Å²) < 4.78 is 87.4. The Labute approximate surface area is 193 Å². The normalized spacial score (nSPS) is 18.5. The number of fused-ring (bicyclic) bond motifs is 1. The number of benzene rings is 3. The number of halogens is 7. The molecule has 0 fully saturated rings. The molecule has 1 unspecified atom stereocenters. The van der Waals surface area contributed by atoms with Gasteiger partial charge in [-0.3, -0.25) is 10.3 Å². The van der Waals surface area contributed by atoms with E-state index in [1.807, 2.05) is 0 Å². The molecule has 0 bridgehead atoms. The van der Waals surface area contributed by atoms with Crippen LogP contribution >= 0.6 is 11.6 Å². The molecule has 1 aliphatic rings. The minimum atomic E-state index is -5.16. The third-order valence-electron chi connectivity index (χ3n) is 5.36. The number of rotatable bonds is 3. The van der Waals surface area contributed by atoms with Gasteiger partial charge in [0.25, 0.3) is 0 Å². The highest BCUT2D eigenvalue weighted by molar-refractivity contribution is 6.30. The van der Waals surface area contributed by atoms with Gasteiger partial charge in [-0.15, -0.1) is 0 Å². The topological polar surface area (TPSA) is 47.6 Å². The van der Waals surface area contributed by atoms with Crippen molar-refractivity contribution in [3.05, 3.63) is 87.9 Å². The van der Waals surface area contributed by atoms with E-state index in [2.05, 4.69) is 5.48 Å². The first-order chi connectivity index (χ1) is 15.9. The summed E-state index contributed by atoms with van der Waals surface area (Å²) in [7, 11) is 1.19. The standard InChI is InChI=1S/C23H14ClF6NO3/c1-33-20(32)18-7-6-17(15-4-2-3-5-16(15)18)19-11-21(34-31-19,23(28,29)30)12-8-13(22(25,26)27)10-14(24)9-12/h2-11,31H,1H3. The lowest BCUT2D eigenvalue weighted by molar-refractivity contribution is -0.269. The van der Waals surface area contributed by atoms with Crippen LogP contribution in [0, 0.1) is 0 Å². The molecular weight excluding hydrogens is 488 g/mol. The molecule has 0 saturated heterocycles. The monoisotopic (exact) mass is 501 g/mol. The molecule has 4 rings (SSSR count). The molecule has 0 spiro atoms. The van der Waals surface area contributed by atoms with E-state index in [0.717, 1.165) is 6.07 Å². The highest BCUT2D eigenvalue weighted by atomic mass is 35.5. The van der Waals surface area contributed by atoms with Crippen LogP contribution in [0.1, 0.15) is 27.0 Å². The van der Waals surface area contributed by atoms with E-state index in [-0.39, 0.29) is 16.8 Å². The van der Waals surface area contributed by atoms with Crippen molar-refractivity contribution in [3.63, 3.8) is 0 Å². The van der Waals surface area contributed by atoms with Crippen LogP contribution in [-0.2, 0) is 21.4 Å². The molecule has 178 valence electrons. The maximum absolute atomic E-state index is 14.3. The van der Waals surface area contributed by atoms with Gasteiger partial charge in [0.2, 0.25) is 5.60 Å². The van der Waals surface area contributed by atoms with E-state index in [0.29, 0.717) is 29.0 Å². The number of nitrogens with one attached hydrogen (secondary N) is 1. The molecule has 0 amide bonds. The van der Waals surface area contributed by atoms with Crippen molar-refractivity contribution in [1.82, 2.24) is 5.48 Å². The molecule has 34 heavy (non-hydrogen) atoms. The molecule has 1 N–H and O–H groups in total. The Morgan fingerprint density at radius 2 is 1.68 bits per heavy atom. The van der Waals surface area contributed by atoms with Crippen molar-refractivity contribution in [3.8, 4) is 0 Å². The van der Waals surface area contributed by atoms with Crippen LogP contribution < -0.4 is 5.48 Å². The molecule has 0 saturated carbocycles. The number of alkyl halides is 6. The van der Waals surface area contributed by atoms with Crippen LogP contribution in [-0.4, -0.2) is 19.3 Å². The van der Waals surface area contributed by atoms with Crippen molar-refractivity contribution in [2.45, 2.75) is 18.0 Å². The summed E-state index contributed by atoms with van der Waals surface area (Å²) in [6.45, 7) is 0. The molecular formula is C23H14ClF6NO3. The molecule has 3 aromatic carbocycles. The SMILES string of the molecule is COC(=O)c1ccc(C2=CC(c3cc(Cl)cc(C(F)(F)F)c3)(C(F)(F)F)ON2)c2ccccc12. The van der Waals surface area contributed by atoms with Gasteiger partial charge in [0.1, 0.15) is 0 Å². The van der Waals surface area contributed by atoms with Crippen LogP contribution in [0.15, 0.2) is 60.7 Å². The lowest BCUT2D eigenvalue weighted by Gasteiger charge is -2.29. The van der Waals surface area contributed by atoms with Gasteiger partial charge in [0.05, 0.1) is 23.9 Å². The van der Waals surface area contributed by atoms with Gasteiger partial charge in [-0.05, 0) is 41.1 Å². The van der Waals surface area contributed by atoms with E-state index in [9.17, 15) is 31.1 Å². The average molecular weight is 502 g/mol. The number of methoxy groups -OCH3 is 1. The summed E-state index contributed by atoms with van der Waals surface area (Å²) in [6, 6.07) is 10.8. The smallest absolute Gasteiger partial charge is 0.428 e. The van der Waals surface area contributed by atoms with Gasteiger partial charge in [-0.1, -0.05) is 41.9 Å². The molecule has 0 radical (unpaired) electrons. The Hall–Kier alpha value is -3.24. The third-order valence-corrected chi connectivity index (χ3v) is 5.58. The number of carbonyl (C=O) groups excluding carboxylic acids is 1. The summed E-state index contributed by atoms with van der Waals surface area (Å²) >= 11 is 5.73. The second-order valence-corrected chi connectivity index (χ2v) is 7.86. The number of esters is 1. The van der Waals surface area contributed by atoms with E-state index >= 15 is 0 Å². The fourth-order valence-electron chi connectivity index (χ4n) is 3.77. The van der Waals surface area contributed by atoms with Gasteiger partial charge in [0.15, 0.2) is 0 Å². The number of hydrogen-bond donors (Lipinski definition) is 1. The second kappa shape index (κ2) is 8.21. The lowest BCUT2D eigenvalue weighted by Crippen LogP contribution is -2.42. The minimum Gasteiger partial charge on any atom is -0.465 e. The van der Waals surface area contributed by atoms with Gasteiger partial charge in [0, 0.05) is 16.1 Å². The summed E-state index contributed by atoms with van der Waals surface area (Å²) in [5.41, 5.74) is -2.99. The van der Waals surface area contributed by atoms with Crippen molar-refractivity contribution < 1.29 is 40.7 Å². The Morgan fingerprint density at radius 3 is 2.29 bits per heavy atom.